The first-order valence-corrected chi connectivity index (χ1v) is 9.51. The van der Waals surface area contributed by atoms with Crippen LogP contribution in [-0.4, -0.2) is 29.9 Å². The molecule has 2 aromatic rings. The number of ether oxygens (including phenoxy) is 2. The summed E-state index contributed by atoms with van der Waals surface area (Å²) in [6, 6.07) is 5.55. The fourth-order valence-electron chi connectivity index (χ4n) is 3.07. The van der Waals surface area contributed by atoms with Gasteiger partial charge >= 0.3 is 6.18 Å². The van der Waals surface area contributed by atoms with Crippen molar-refractivity contribution in [1.82, 2.24) is 4.98 Å². The lowest BCUT2D eigenvalue weighted by atomic mass is 10.1. The highest BCUT2D eigenvalue weighted by Gasteiger charge is 2.29. The zero-order valence-corrected chi connectivity index (χ0v) is 15.3. The molecule has 1 unspecified atom stereocenters. The molecule has 144 valence electrons. The highest BCUT2D eigenvalue weighted by molar-refractivity contribution is 7.99. The molecule has 2 aliphatic heterocycles. The summed E-state index contributed by atoms with van der Waals surface area (Å²) in [6.45, 7) is 1.13. The van der Waals surface area contributed by atoms with Gasteiger partial charge in [0.1, 0.15) is 16.9 Å². The van der Waals surface area contributed by atoms with Crippen LogP contribution in [-0.2, 0) is 12.2 Å². The van der Waals surface area contributed by atoms with Gasteiger partial charge in [0.15, 0.2) is 6.61 Å². The highest BCUT2D eigenvalue weighted by Crippen LogP contribution is 2.41. The van der Waals surface area contributed by atoms with Crippen LogP contribution in [0.3, 0.4) is 0 Å². The fraction of sp³-hybridized carbons (Fsp3) is 0.389. The van der Waals surface area contributed by atoms with Crippen LogP contribution < -0.4 is 20.1 Å². The van der Waals surface area contributed by atoms with Gasteiger partial charge < -0.3 is 20.1 Å². The molecule has 5 nitrogen and oxygen atoms in total. The number of alkyl halides is 3. The van der Waals surface area contributed by atoms with E-state index in [2.05, 4.69) is 21.7 Å². The van der Waals surface area contributed by atoms with Gasteiger partial charge in [-0.2, -0.15) is 13.2 Å². The van der Waals surface area contributed by atoms with Gasteiger partial charge in [0, 0.05) is 35.6 Å². The average molecular weight is 397 g/mol. The Labute approximate surface area is 158 Å². The number of hydrogen-bond acceptors (Lipinski definition) is 6. The van der Waals surface area contributed by atoms with Crippen molar-refractivity contribution in [3.8, 4) is 11.5 Å². The molecule has 3 heterocycles. The summed E-state index contributed by atoms with van der Waals surface area (Å²) < 4.78 is 48.0. The monoisotopic (exact) mass is 397 g/mol. The van der Waals surface area contributed by atoms with Crippen molar-refractivity contribution < 1.29 is 22.6 Å². The van der Waals surface area contributed by atoms with Gasteiger partial charge in [-0.05, 0) is 19.1 Å². The van der Waals surface area contributed by atoms with E-state index in [9.17, 15) is 13.2 Å². The van der Waals surface area contributed by atoms with E-state index in [4.69, 9.17) is 9.47 Å². The van der Waals surface area contributed by atoms with Gasteiger partial charge in [-0.25, -0.2) is 0 Å². The molecular weight excluding hydrogens is 379 g/mol. The predicted octanol–water partition coefficient (Wildman–Crippen LogP) is 4.32. The van der Waals surface area contributed by atoms with Gasteiger partial charge in [-0.15, -0.1) is 11.8 Å². The number of thioether (sulfide) groups is 1. The molecule has 2 aliphatic rings. The Kier molecular flexibility index (Phi) is 4.71. The number of rotatable bonds is 5. The molecule has 0 radical (unpaired) electrons. The number of fused-ring (bicyclic) bond motifs is 2. The third-order valence-corrected chi connectivity index (χ3v) is 5.53. The standard InChI is InChI=1S/C18H18F3N3O2S/c1-10-14(22-3-2-15(10)25-8-18(19,20)21)7-27-17-5-11-4-12-13(24-9-23-12)6-16(11)26-17/h2-4,6,17,23-24H,5,7-9H2,1H3. The van der Waals surface area contributed by atoms with Gasteiger partial charge in [0.05, 0.1) is 23.7 Å². The third-order valence-electron chi connectivity index (χ3n) is 4.46. The maximum atomic E-state index is 12.4. The molecule has 1 aromatic heterocycles. The summed E-state index contributed by atoms with van der Waals surface area (Å²) >= 11 is 1.57. The lowest BCUT2D eigenvalue weighted by Gasteiger charge is -2.14. The van der Waals surface area contributed by atoms with Crippen molar-refractivity contribution in [2.45, 2.75) is 30.7 Å². The van der Waals surface area contributed by atoms with Gasteiger partial charge in [0.25, 0.3) is 0 Å². The molecule has 0 bridgehead atoms. The maximum Gasteiger partial charge on any atom is 0.422 e. The van der Waals surface area contributed by atoms with Crippen LogP contribution >= 0.6 is 11.8 Å². The third kappa shape index (κ3) is 4.02. The van der Waals surface area contributed by atoms with Gasteiger partial charge in [-0.3, -0.25) is 4.98 Å². The predicted molar refractivity (Wildman–Crippen MR) is 98.5 cm³/mol. The summed E-state index contributed by atoms with van der Waals surface area (Å²) in [5, 5.41) is 6.50. The van der Waals surface area contributed by atoms with E-state index in [1.807, 2.05) is 6.07 Å². The molecule has 27 heavy (non-hydrogen) atoms. The Bertz CT molecular complexity index is 827. The number of halogens is 3. The molecule has 0 fully saturated rings. The summed E-state index contributed by atoms with van der Waals surface area (Å²) in [7, 11) is 0. The van der Waals surface area contributed by atoms with Crippen molar-refractivity contribution in [2.75, 3.05) is 23.9 Å². The summed E-state index contributed by atoms with van der Waals surface area (Å²) in [5.74, 6) is 1.61. The molecule has 4 rings (SSSR count). The van der Waals surface area contributed by atoms with Crippen LogP contribution in [0.4, 0.5) is 24.5 Å². The minimum Gasteiger partial charge on any atom is -0.484 e. The lowest BCUT2D eigenvalue weighted by molar-refractivity contribution is -0.153. The van der Waals surface area contributed by atoms with Crippen LogP contribution in [0.1, 0.15) is 16.8 Å². The maximum absolute atomic E-state index is 12.4. The number of nitrogens with zero attached hydrogens (tertiary/aromatic N) is 1. The van der Waals surface area contributed by atoms with Gasteiger partial charge in [0.2, 0.25) is 0 Å². The number of pyridine rings is 1. The number of benzene rings is 1. The first-order chi connectivity index (χ1) is 12.9. The van der Waals surface area contributed by atoms with Crippen LogP contribution in [0.5, 0.6) is 11.5 Å². The van der Waals surface area contributed by atoms with E-state index >= 15 is 0 Å². The highest BCUT2D eigenvalue weighted by atomic mass is 32.2. The Hall–Kier alpha value is -2.29. The van der Waals surface area contributed by atoms with Crippen molar-refractivity contribution in [3.63, 3.8) is 0 Å². The second-order valence-electron chi connectivity index (χ2n) is 6.38. The normalized spacial score (nSPS) is 17.6. The molecule has 2 N–H and O–H groups in total. The second-order valence-corrected chi connectivity index (χ2v) is 7.53. The van der Waals surface area contributed by atoms with E-state index in [1.165, 1.54) is 12.3 Å². The van der Waals surface area contributed by atoms with Crippen molar-refractivity contribution in [1.29, 1.82) is 0 Å². The fourth-order valence-corrected chi connectivity index (χ4v) is 4.17. The Morgan fingerprint density at radius 3 is 2.85 bits per heavy atom. The second kappa shape index (κ2) is 7.03. The average Bonchev–Trinajstić information content (AvgIpc) is 3.22. The van der Waals surface area contributed by atoms with Crippen LogP contribution in [0.15, 0.2) is 24.4 Å². The minimum atomic E-state index is -4.36. The summed E-state index contributed by atoms with van der Waals surface area (Å²) in [6.07, 6.45) is -2.11. The van der Waals surface area contributed by atoms with E-state index in [0.717, 1.165) is 29.1 Å². The van der Waals surface area contributed by atoms with Crippen molar-refractivity contribution >= 4 is 23.1 Å². The number of hydrogen-bond donors (Lipinski definition) is 2. The summed E-state index contributed by atoms with van der Waals surface area (Å²) in [5.41, 5.74) is 4.53. The van der Waals surface area contributed by atoms with E-state index in [1.54, 1.807) is 18.7 Å². The quantitative estimate of drug-likeness (QED) is 0.784. The van der Waals surface area contributed by atoms with E-state index in [-0.39, 0.29) is 11.2 Å². The molecule has 0 saturated heterocycles. The first kappa shape index (κ1) is 18.1. The Balaban J connectivity index is 1.38. The summed E-state index contributed by atoms with van der Waals surface area (Å²) in [4.78, 5) is 4.29. The van der Waals surface area contributed by atoms with E-state index < -0.39 is 12.8 Å². The molecule has 0 saturated carbocycles. The first-order valence-electron chi connectivity index (χ1n) is 8.46. The number of anilines is 2. The largest absolute Gasteiger partial charge is 0.484 e. The number of aromatic nitrogens is 1. The van der Waals surface area contributed by atoms with Gasteiger partial charge in [-0.1, -0.05) is 0 Å². The Morgan fingerprint density at radius 2 is 2.07 bits per heavy atom. The van der Waals surface area contributed by atoms with Crippen LogP contribution in [0.25, 0.3) is 0 Å². The van der Waals surface area contributed by atoms with Crippen molar-refractivity contribution in [3.05, 3.63) is 41.2 Å². The van der Waals surface area contributed by atoms with E-state index in [0.29, 0.717) is 23.7 Å². The number of nitrogens with one attached hydrogen (secondary N) is 2. The molecule has 1 aromatic carbocycles. The smallest absolute Gasteiger partial charge is 0.422 e. The molecule has 1 atom stereocenters. The van der Waals surface area contributed by atoms with Crippen molar-refractivity contribution in [2.24, 2.45) is 0 Å². The zero-order valence-electron chi connectivity index (χ0n) is 14.5. The molecule has 0 amide bonds. The molecule has 9 heteroatoms. The minimum absolute atomic E-state index is 0.0523. The SMILES string of the molecule is Cc1c(OCC(F)(F)F)ccnc1CSC1Cc2cc3c(cc2O1)NCN3. The molecule has 0 spiro atoms. The zero-order chi connectivity index (χ0) is 19.0. The van der Waals surface area contributed by atoms with Crippen LogP contribution in [0, 0.1) is 6.92 Å². The lowest BCUT2D eigenvalue weighted by Crippen LogP contribution is -2.19. The molecular formula is C18H18F3N3O2S. The topological polar surface area (TPSA) is 55.4 Å². The molecule has 0 aliphatic carbocycles. The Morgan fingerprint density at radius 1 is 1.30 bits per heavy atom. The van der Waals surface area contributed by atoms with Crippen LogP contribution in [0.2, 0.25) is 0 Å².